The van der Waals surface area contributed by atoms with Gasteiger partial charge in [-0.2, -0.15) is 5.10 Å². The van der Waals surface area contributed by atoms with Crippen LogP contribution in [0.25, 0.3) is 5.95 Å². The monoisotopic (exact) mass is 425 g/mol. The number of aryl methyl sites for hydroxylation is 3. The molecule has 9 heteroatoms. The summed E-state index contributed by atoms with van der Waals surface area (Å²) in [4.78, 5) is 30.7. The summed E-state index contributed by atoms with van der Waals surface area (Å²) in [7, 11) is 3.05. The fourth-order valence-corrected chi connectivity index (χ4v) is 3.47. The summed E-state index contributed by atoms with van der Waals surface area (Å²) in [6.07, 6.45) is 0.514. The number of carbonyl (C=O) groups is 1. The predicted octanol–water partition coefficient (Wildman–Crippen LogP) is 2.57. The molecule has 9 nitrogen and oxygen atoms in total. The van der Waals surface area contributed by atoms with Crippen LogP contribution < -0.4 is 20.3 Å². The fourth-order valence-electron chi connectivity index (χ4n) is 3.47. The van der Waals surface area contributed by atoms with E-state index in [1.54, 1.807) is 29.8 Å². The number of nitrogens with one attached hydrogen (secondary N) is 1. The Bertz CT molecular complexity index is 1180. The molecule has 1 amide bonds. The number of aromatic nitrogens is 4. The van der Waals surface area contributed by atoms with Crippen LogP contribution in [0.3, 0.4) is 0 Å². The summed E-state index contributed by atoms with van der Waals surface area (Å²) in [6, 6.07) is 6.98. The van der Waals surface area contributed by atoms with Crippen molar-refractivity contribution in [2.24, 2.45) is 0 Å². The lowest BCUT2D eigenvalue weighted by Gasteiger charge is -2.17. The first-order chi connectivity index (χ1) is 14.8. The molecule has 0 atom stereocenters. The van der Waals surface area contributed by atoms with Gasteiger partial charge in [0.1, 0.15) is 18.0 Å². The van der Waals surface area contributed by atoms with E-state index in [-0.39, 0.29) is 12.1 Å². The normalized spacial score (nSPS) is 10.8. The van der Waals surface area contributed by atoms with E-state index in [9.17, 15) is 9.59 Å². The predicted molar refractivity (Wildman–Crippen MR) is 117 cm³/mol. The molecule has 0 saturated carbocycles. The van der Waals surface area contributed by atoms with E-state index < -0.39 is 5.91 Å². The lowest BCUT2D eigenvalue weighted by molar-refractivity contribution is -0.116. The van der Waals surface area contributed by atoms with Crippen molar-refractivity contribution in [3.05, 3.63) is 57.3 Å². The quantitative estimate of drug-likeness (QED) is 0.625. The molecule has 2 heterocycles. The number of carbonyl (C=O) groups excluding carboxylic acids is 1. The van der Waals surface area contributed by atoms with E-state index in [1.807, 2.05) is 26.8 Å². The summed E-state index contributed by atoms with van der Waals surface area (Å²) in [5.74, 6) is 0.959. The smallest absolute Gasteiger partial charge is 0.258 e. The van der Waals surface area contributed by atoms with Gasteiger partial charge < -0.3 is 14.8 Å². The van der Waals surface area contributed by atoms with Gasteiger partial charge in [-0.1, -0.05) is 6.92 Å². The molecule has 31 heavy (non-hydrogen) atoms. The summed E-state index contributed by atoms with van der Waals surface area (Å²) in [5.41, 5.74) is 2.99. The van der Waals surface area contributed by atoms with Crippen LogP contribution in [-0.4, -0.2) is 39.5 Å². The Morgan fingerprint density at radius 1 is 1.13 bits per heavy atom. The number of hydrogen-bond donors (Lipinski definition) is 1. The molecule has 3 rings (SSSR count). The molecule has 0 radical (unpaired) electrons. The number of methoxy groups -OCH3 is 2. The first-order valence-corrected chi connectivity index (χ1v) is 9.94. The lowest BCUT2D eigenvalue weighted by atomic mass is 10.2. The van der Waals surface area contributed by atoms with Crippen LogP contribution in [0.15, 0.2) is 29.1 Å². The average Bonchev–Trinajstić information content (AvgIpc) is 3.07. The van der Waals surface area contributed by atoms with Crippen molar-refractivity contribution in [1.82, 2.24) is 19.3 Å². The highest BCUT2D eigenvalue weighted by Crippen LogP contribution is 2.28. The third-order valence-corrected chi connectivity index (χ3v) is 4.98. The van der Waals surface area contributed by atoms with Crippen LogP contribution in [0.1, 0.15) is 29.6 Å². The number of amides is 1. The Balaban J connectivity index is 2.03. The maximum Gasteiger partial charge on any atom is 0.258 e. The molecular formula is C22H27N5O4. The number of anilines is 1. The van der Waals surface area contributed by atoms with Crippen molar-refractivity contribution in [2.45, 2.75) is 40.7 Å². The van der Waals surface area contributed by atoms with Gasteiger partial charge in [-0.05, 0) is 45.4 Å². The minimum atomic E-state index is -0.399. The molecule has 3 aromatic rings. The van der Waals surface area contributed by atoms with E-state index in [2.05, 4.69) is 15.4 Å². The summed E-state index contributed by atoms with van der Waals surface area (Å²) in [6.45, 7) is 7.19. The van der Waals surface area contributed by atoms with Crippen LogP contribution in [0.5, 0.6) is 11.5 Å². The minimum Gasteiger partial charge on any atom is -0.497 e. The standard InChI is InChI=1S/C22H27N5O4/c1-7-17-15(4)23-22(27-14(3)10-13(2)25-27)26(21(17)29)12-20(28)24-18-11-16(30-5)8-9-19(18)31-6/h8-11H,7,12H2,1-6H3,(H,24,28). The topological polar surface area (TPSA) is 100 Å². The highest BCUT2D eigenvalue weighted by atomic mass is 16.5. The first kappa shape index (κ1) is 22.1. The fraction of sp³-hybridized carbons (Fsp3) is 0.364. The van der Waals surface area contributed by atoms with Crippen molar-refractivity contribution in [3.8, 4) is 17.4 Å². The van der Waals surface area contributed by atoms with Gasteiger partial charge in [0.2, 0.25) is 11.9 Å². The van der Waals surface area contributed by atoms with Gasteiger partial charge in [-0.15, -0.1) is 0 Å². The number of nitrogens with zero attached hydrogens (tertiary/aromatic N) is 4. The molecule has 0 bridgehead atoms. The molecule has 1 N–H and O–H groups in total. The Hall–Kier alpha value is -3.62. The minimum absolute atomic E-state index is 0.229. The number of hydrogen-bond acceptors (Lipinski definition) is 6. The largest absolute Gasteiger partial charge is 0.497 e. The van der Waals surface area contributed by atoms with Gasteiger partial charge in [0.05, 0.1) is 31.3 Å². The molecule has 0 fully saturated rings. The van der Waals surface area contributed by atoms with Gasteiger partial charge in [0, 0.05) is 17.3 Å². The Kier molecular flexibility index (Phi) is 6.43. The molecule has 0 aliphatic heterocycles. The Morgan fingerprint density at radius 3 is 2.45 bits per heavy atom. The Morgan fingerprint density at radius 2 is 1.87 bits per heavy atom. The number of ether oxygens (including phenoxy) is 2. The van der Waals surface area contributed by atoms with Gasteiger partial charge in [-0.25, -0.2) is 9.67 Å². The number of rotatable bonds is 7. The molecule has 164 valence electrons. The van der Waals surface area contributed by atoms with Crippen molar-refractivity contribution >= 4 is 11.6 Å². The SMILES string of the molecule is CCc1c(C)nc(-n2nc(C)cc2C)n(CC(=O)Nc2cc(OC)ccc2OC)c1=O. The second-order valence-corrected chi connectivity index (χ2v) is 7.17. The van der Waals surface area contributed by atoms with Gasteiger partial charge in [-0.3, -0.25) is 14.2 Å². The van der Waals surface area contributed by atoms with E-state index in [4.69, 9.17) is 9.47 Å². The van der Waals surface area contributed by atoms with E-state index in [0.717, 1.165) is 11.4 Å². The molecule has 0 aliphatic carbocycles. The van der Waals surface area contributed by atoms with Crippen LogP contribution in [0.2, 0.25) is 0 Å². The molecule has 0 unspecified atom stereocenters. The third kappa shape index (κ3) is 4.45. The summed E-state index contributed by atoms with van der Waals surface area (Å²) in [5, 5.41) is 7.25. The van der Waals surface area contributed by atoms with Crippen molar-refractivity contribution in [3.63, 3.8) is 0 Å². The summed E-state index contributed by atoms with van der Waals surface area (Å²) < 4.78 is 13.5. The van der Waals surface area contributed by atoms with E-state index in [1.165, 1.54) is 18.8 Å². The molecule has 2 aromatic heterocycles. The van der Waals surface area contributed by atoms with Crippen molar-refractivity contribution in [1.29, 1.82) is 0 Å². The zero-order chi connectivity index (χ0) is 22.7. The zero-order valence-corrected chi connectivity index (χ0v) is 18.6. The highest BCUT2D eigenvalue weighted by molar-refractivity contribution is 5.92. The van der Waals surface area contributed by atoms with Gasteiger partial charge in [0.15, 0.2) is 0 Å². The van der Waals surface area contributed by atoms with Crippen LogP contribution >= 0.6 is 0 Å². The maximum absolute atomic E-state index is 13.2. The molecule has 1 aromatic carbocycles. The second-order valence-electron chi connectivity index (χ2n) is 7.17. The highest BCUT2D eigenvalue weighted by Gasteiger charge is 2.19. The zero-order valence-electron chi connectivity index (χ0n) is 18.6. The first-order valence-electron chi connectivity index (χ1n) is 9.94. The van der Waals surface area contributed by atoms with Crippen molar-refractivity contribution < 1.29 is 14.3 Å². The third-order valence-electron chi connectivity index (χ3n) is 4.98. The van der Waals surface area contributed by atoms with Crippen molar-refractivity contribution in [2.75, 3.05) is 19.5 Å². The van der Waals surface area contributed by atoms with Gasteiger partial charge >= 0.3 is 0 Å². The second kappa shape index (κ2) is 9.03. The van der Waals surface area contributed by atoms with E-state index in [0.29, 0.717) is 40.8 Å². The van der Waals surface area contributed by atoms with Crippen LogP contribution in [-0.2, 0) is 17.8 Å². The molecule has 0 spiro atoms. The maximum atomic E-state index is 13.2. The Labute approximate surface area is 180 Å². The van der Waals surface area contributed by atoms with Crippen LogP contribution in [0.4, 0.5) is 5.69 Å². The molecular weight excluding hydrogens is 398 g/mol. The van der Waals surface area contributed by atoms with Crippen LogP contribution in [0, 0.1) is 20.8 Å². The van der Waals surface area contributed by atoms with Gasteiger partial charge in [0.25, 0.3) is 5.56 Å². The summed E-state index contributed by atoms with van der Waals surface area (Å²) >= 11 is 0. The molecule has 0 saturated heterocycles. The van der Waals surface area contributed by atoms with E-state index >= 15 is 0 Å². The average molecular weight is 425 g/mol. The number of benzene rings is 1. The lowest BCUT2D eigenvalue weighted by Crippen LogP contribution is -2.34. The molecule has 0 aliphatic rings.